The minimum absolute atomic E-state index is 0.0146. The van der Waals surface area contributed by atoms with Gasteiger partial charge < -0.3 is 9.73 Å². The van der Waals surface area contributed by atoms with Crippen molar-refractivity contribution in [1.82, 2.24) is 10.2 Å². The van der Waals surface area contributed by atoms with Crippen molar-refractivity contribution in [3.8, 4) is 0 Å². The molecule has 0 aliphatic carbocycles. The van der Waals surface area contributed by atoms with E-state index in [4.69, 9.17) is 16.0 Å². The van der Waals surface area contributed by atoms with Crippen LogP contribution >= 0.6 is 11.6 Å². The lowest BCUT2D eigenvalue weighted by Gasteiger charge is -2.28. The lowest BCUT2D eigenvalue weighted by Crippen LogP contribution is -2.37. The van der Waals surface area contributed by atoms with Crippen LogP contribution < -0.4 is 10.7 Å². The molecular formula is C25H27ClN2O3. The highest BCUT2D eigenvalue weighted by molar-refractivity contribution is 6.32. The molecule has 31 heavy (non-hydrogen) atoms. The Kier molecular flexibility index (Phi) is 6.44. The van der Waals surface area contributed by atoms with Crippen molar-refractivity contribution in [2.45, 2.75) is 39.2 Å². The highest BCUT2D eigenvalue weighted by Crippen LogP contribution is 2.26. The third-order valence-electron chi connectivity index (χ3n) is 6.04. The number of hydrogen-bond donors (Lipinski definition) is 1. The van der Waals surface area contributed by atoms with Gasteiger partial charge in [0.05, 0.1) is 11.4 Å². The molecule has 0 spiro atoms. The fourth-order valence-electron chi connectivity index (χ4n) is 4.15. The normalized spacial score (nSPS) is 15.3. The summed E-state index contributed by atoms with van der Waals surface area (Å²) in [5, 5.41) is 3.85. The summed E-state index contributed by atoms with van der Waals surface area (Å²) in [7, 11) is 0. The number of nitrogens with zero attached hydrogens (tertiary/aromatic N) is 1. The zero-order valence-electron chi connectivity index (χ0n) is 17.9. The minimum atomic E-state index is -0.388. The van der Waals surface area contributed by atoms with Crippen molar-refractivity contribution in [2.75, 3.05) is 19.6 Å². The van der Waals surface area contributed by atoms with E-state index in [0.29, 0.717) is 22.5 Å². The zero-order valence-corrected chi connectivity index (χ0v) is 18.7. The molecule has 0 unspecified atom stereocenters. The molecule has 4 rings (SSSR count). The van der Waals surface area contributed by atoms with Crippen molar-refractivity contribution in [3.05, 3.63) is 80.2 Å². The molecule has 5 nitrogen and oxygen atoms in total. The quantitative estimate of drug-likeness (QED) is 0.595. The van der Waals surface area contributed by atoms with Crippen LogP contribution in [0.1, 0.15) is 53.1 Å². The molecule has 0 saturated carbocycles. The molecule has 162 valence electrons. The second-order valence-electron chi connectivity index (χ2n) is 8.14. The minimum Gasteiger partial charge on any atom is -0.451 e. The maximum atomic E-state index is 12.9. The number of amides is 1. The molecule has 1 amide bonds. The summed E-state index contributed by atoms with van der Waals surface area (Å²) in [6, 6.07) is 13.2. The van der Waals surface area contributed by atoms with Crippen molar-refractivity contribution in [1.29, 1.82) is 0 Å². The summed E-state index contributed by atoms with van der Waals surface area (Å²) in [6.07, 6.45) is 3.33. The van der Waals surface area contributed by atoms with Crippen LogP contribution in [0, 0.1) is 6.92 Å². The van der Waals surface area contributed by atoms with Gasteiger partial charge in [-0.15, -0.1) is 0 Å². The number of carbonyl (C=O) groups excluding carboxylic acids is 1. The highest BCUT2D eigenvalue weighted by atomic mass is 35.5. The first kappa shape index (κ1) is 21.6. The van der Waals surface area contributed by atoms with Gasteiger partial charge >= 0.3 is 0 Å². The van der Waals surface area contributed by atoms with Crippen molar-refractivity contribution in [3.63, 3.8) is 0 Å². The number of carbonyl (C=O) groups is 1. The second-order valence-corrected chi connectivity index (χ2v) is 8.54. The zero-order chi connectivity index (χ0) is 22.0. The average Bonchev–Trinajstić information content (AvgIpc) is 3.30. The van der Waals surface area contributed by atoms with Crippen molar-refractivity contribution < 1.29 is 9.21 Å². The molecule has 1 saturated heterocycles. The lowest BCUT2D eigenvalue weighted by molar-refractivity contribution is 0.0910. The maximum absolute atomic E-state index is 12.9. The number of benzene rings is 2. The summed E-state index contributed by atoms with van der Waals surface area (Å²) >= 11 is 6.12. The van der Waals surface area contributed by atoms with Gasteiger partial charge in [-0.2, -0.15) is 0 Å². The Balaban J connectivity index is 1.56. The van der Waals surface area contributed by atoms with E-state index in [-0.39, 0.29) is 23.1 Å². The molecule has 1 fully saturated rings. The van der Waals surface area contributed by atoms with E-state index in [1.54, 1.807) is 12.1 Å². The molecular weight excluding hydrogens is 412 g/mol. The van der Waals surface area contributed by atoms with E-state index in [9.17, 15) is 9.59 Å². The first-order chi connectivity index (χ1) is 15.0. The standard InChI is InChI=1S/C25H27ClN2O3/c1-3-17-6-8-18(9-7-17)21(28-10-4-5-11-28)15-27-25(30)24-14-22(29)19-13-20(26)16(2)12-23(19)31-24/h6-9,12-14,21H,3-5,10-11,15H2,1-2H3,(H,27,30)/t21-/m1/s1. The third-order valence-corrected chi connectivity index (χ3v) is 6.45. The Bertz CT molecular complexity index is 1150. The van der Waals surface area contributed by atoms with E-state index in [2.05, 4.69) is 41.4 Å². The van der Waals surface area contributed by atoms with E-state index in [0.717, 1.165) is 25.1 Å². The van der Waals surface area contributed by atoms with E-state index < -0.39 is 0 Å². The first-order valence-corrected chi connectivity index (χ1v) is 11.2. The molecule has 6 heteroatoms. The van der Waals surface area contributed by atoms with Crippen molar-refractivity contribution in [2.24, 2.45) is 0 Å². The average molecular weight is 439 g/mol. The molecule has 1 N–H and O–H groups in total. The maximum Gasteiger partial charge on any atom is 0.287 e. The summed E-state index contributed by atoms with van der Waals surface area (Å²) < 4.78 is 5.75. The van der Waals surface area contributed by atoms with Crippen LogP contribution in [0.2, 0.25) is 5.02 Å². The number of fused-ring (bicyclic) bond motifs is 1. The summed E-state index contributed by atoms with van der Waals surface area (Å²) in [4.78, 5) is 27.8. The Morgan fingerprint density at radius 2 is 1.87 bits per heavy atom. The molecule has 3 aromatic rings. The van der Waals surface area contributed by atoms with Gasteiger partial charge in [-0.25, -0.2) is 0 Å². The molecule has 1 aromatic heterocycles. The molecule has 1 aliphatic rings. The molecule has 2 aromatic carbocycles. The number of aryl methyl sites for hydroxylation is 2. The highest BCUT2D eigenvalue weighted by Gasteiger charge is 2.24. The largest absolute Gasteiger partial charge is 0.451 e. The fourth-order valence-corrected chi connectivity index (χ4v) is 4.32. The smallest absolute Gasteiger partial charge is 0.287 e. The molecule has 1 aliphatic heterocycles. The Morgan fingerprint density at radius 1 is 1.16 bits per heavy atom. The number of rotatable bonds is 6. The van der Waals surface area contributed by atoms with Crippen LogP contribution in [0.4, 0.5) is 0 Å². The number of likely N-dealkylation sites (tertiary alicyclic amines) is 1. The summed E-state index contributed by atoms with van der Waals surface area (Å²) in [6.45, 7) is 6.45. The van der Waals surface area contributed by atoms with Crippen LogP contribution in [0.25, 0.3) is 11.0 Å². The predicted octanol–water partition coefficient (Wildman–Crippen LogP) is 4.88. The molecule has 0 radical (unpaired) electrons. The van der Waals surface area contributed by atoms with Gasteiger partial charge in [0.2, 0.25) is 0 Å². The van der Waals surface area contributed by atoms with Gasteiger partial charge in [0.15, 0.2) is 11.2 Å². The Labute approximate surface area is 187 Å². The van der Waals surface area contributed by atoms with Gasteiger partial charge in [0.25, 0.3) is 5.91 Å². The van der Waals surface area contributed by atoms with Crippen LogP contribution in [0.15, 0.2) is 51.7 Å². The van der Waals surface area contributed by atoms with E-state index in [1.807, 2.05) is 6.92 Å². The SMILES string of the molecule is CCc1ccc([C@@H](CNC(=O)c2cc(=O)c3cc(Cl)c(C)cc3o2)N2CCCC2)cc1. The summed E-state index contributed by atoms with van der Waals surface area (Å²) in [5.41, 5.74) is 3.36. The van der Waals surface area contributed by atoms with Crippen LogP contribution in [0.3, 0.4) is 0 Å². The predicted molar refractivity (Wildman–Crippen MR) is 124 cm³/mol. The Morgan fingerprint density at radius 3 is 2.55 bits per heavy atom. The van der Waals surface area contributed by atoms with E-state index >= 15 is 0 Å². The van der Waals surface area contributed by atoms with Crippen LogP contribution in [-0.4, -0.2) is 30.4 Å². The van der Waals surface area contributed by atoms with Gasteiger partial charge in [-0.05, 0) is 68.1 Å². The second kappa shape index (κ2) is 9.25. The molecule has 0 bridgehead atoms. The number of halogens is 1. The van der Waals surface area contributed by atoms with E-state index in [1.165, 1.54) is 30.0 Å². The van der Waals surface area contributed by atoms with Gasteiger partial charge in [-0.3, -0.25) is 14.5 Å². The molecule has 1 atom stereocenters. The lowest BCUT2D eigenvalue weighted by atomic mass is 10.0. The van der Waals surface area contributed by atoms with Crippen molar-refractivity contribution >= 4 is 28.5 Å². The van der Waals surface area contributed by atoms with Gasteiger partial charge in [0, 0.05) is 17.6 Å². The third kappa shape index (κ3) is 4.68. The number of hydrogen-bond acceptors (Lipinski definition) is 4. The van der Waals surface area contributed by atoms with Crippen LogP contribution in [0.5, 0.6) is 0 Å². The molecule has 2 heterocycles. The number of nitrogens with one attached hydrogen (secondary N) is 1. The monoisotopic (exact) mass is 438 g/mol. The summed E-state index contributed by atoms with van der Waals surface area (Å²) in [5.74, 6) is -0.373. The van der Waals surface area contributed by atoms with Crippen LogP contribution in [-0.2, 0) is 6.42 Å². The van der Waals surface area contributed by atoms with Gasteiger partial charge in [-0.1, -0.05) is 42.8 Å². The topological polar surface area (TPSA) is 62.6 Å². The Hall–Kier alpha value is -2.63. The van der Waals surface area contributed by atoms with Gasteiger partial charge in [0.1, 0.15) is 5.58 Å². The first-order valence-electron chi connectivity index (χ1n) is 10.8. The fraction of sp³-hybridized carbons (Fsp3) is 0.360.